The van der Waals surface area contributed by atoms with Crippen molar-refractivity contribution in [2.24, 2.45) is 0 Å². The molecule has 0 spiro atoms. The van der Waals surface area contributed by atoms with Gasteiger partial charge in [0, 0.05) is 10.6 Å². The minimum Gasteiger partial charge on any atom is -0.493 e. The maximum Gasteiger partial charge on any atom is 0.160 e. The average molecular weight is 406 g/mol. The second-order valence-electron chi connectivity index (χ2n) is 6.01. The van der Waals surface area contributed by atoms with Gasteiger partial charge in [0.25, 0.3) is 0 Å². The van der Waals surface area contributed by atoms with Gasteiger partial charge in [0.15, 0.2) is 11.5 Å². The Morgan fingerprint density at radius 3 is 2.48 bits per heavy atom. The maximum absolute atomic E-state index is 6.23. The number of methoxy groups -OCH3 is 2. The molecule has 1 heterocycles. The highest BCUT2D eigenvalue weighted by molar-refractivity contribution is 6.36. The summed E-state index contributed by atoms with van der Waals surface area (Å²) in [6, 6.07) is 15.2. The summed E-state index contributed by atoms with van der Waals surface area (Å²) in [6.07, 6.45) is 0.872. The third kappa shape index (κ3) is 4.98. The van der Waals surface area contributed by atoms with E-state index < -0.39 is 0 Å². The smallest absolute Gasteiger partial charge is 0.160 e. The van der Waals surface area contributed by atoms with Crippen LogP contribution in [0.5, 0.6) is 11.5 Å². The van der Waals surface area contributed by atoms with Gasteiger partial charge >= 0.3 is 0 Å². The van der Waals surface area contributed by atoms with Crippen molar-refractivity contribution < 1.29 is 13.9 Å². The Morgan fingerprint density at radius 2 is 1.74 bits per heavy atom. The molecule has 2 aromatic carbocycles. The quantitative estimate of drug-likeness (QED) is 0.495. The topological polar surface area (TPSA) is 43.6 Å². The lowest BCUT2D eigenvalue weighted by Crippen LogP contribution is -2.16. The van der Waals surface area contributed by atoms with Crippen LogP contribution in [0.15, 0.2) is 52.9 Å². The zero-order valence-electron chi connectivity index (χ0n) is 15.2. The Balaban J connectivity index is 1.53. The van der Waals surface area contributed by atoms with Crippen molar-refractivity contribution in [3.8, 4) is 22.8 Å². The summed E-state index contributed by atoms with van der Waals surface area (Å²) in [6.45, 7) is 1.45. The van der Waals surface area contributed by atoms with Crippen LogP contribution >= 0.6 is 23.2 Å². The predicted octanol–water partition coefficient (Wildman–Crippen LogP) is 5.60. The Bertz CT molecular complexity index is 908. The average Bonchev–Trinajstić information content (AvgIpc) is 3.13. The fourth-order valence-corrected chi connectivity index (χ4v) is 3.29. The molecule has 0 atom stereocenters. The van der Waals surface area contributed by atoms with Crippen LogP contribution in [0.2, 0.25) is 10.0 Å². The normalized spacial score (nSPS) is 10.8. The number of halogens is 2. The van der Waals surface area contributed by atoms with Crippen LogP contribution in [0.3, 0.4) is 0 Å². The zero-order valence-corrected chi connectivity index (χ0v) is 16.7. The summed E-state index contributed by atoms with van der Waals surface area (Å²) < 4.78 is 16.5. The molecule has 0 aliphatic carbocycles. The lowest BCUT2D eigenvalue weighted by atomic mass is 10.1. The number of hydrogen-bond donors (Lipinski definition) is 1. The van der Waals surface area contributed by atoms with E-state index in [-0.39, 0.29) is 0 Å². The molecule has 0 aliphatic rings. The molecule has 27 heavy (non-hydrogen) atoms. The van der Waals surface area contributed by atoms with E-state index in [9.17, 15) is 0 Å². The minimum atomic E-state index is 0.574. The molecule has 3 rings (SSSR count). The first-order valence-corrected chi connectivity index (χ1v) is 9.32. The van der Waals surface area contributed by atoms with Gasteiger partial charge in [0.1, 0.15) is 11.5 Å². The summed E-state index contributed by atoms with van der Waals surface area (Å²) in [5.41, 5.74) is 2.01. The molecule has 3 aromatic rings. The number of furan rings is 1. The van der Waals surface area contributed by atoms with Crippen molar-refractivity contribution in [3.05, 3.63) is 69.9 Å². The van der Waals surface area contributed by atoms with E-state index in [2.05, 4.69) is 5.32 Å². The van der Waals surface area contributed by atoms with Crippen LogP contribution < -0.4 is 14.8 Å². The van der Waals surface area contributed by atoms with Gasteiger partial charge in [-0.25, -0.2) is 0 Å². The summed E-state index contributed by atoms with van der Waals surface area (Å²) in [5.74, 6) is 3.06. The van der Waals surface area contributed by atoms with Gasteiger partial charge < -0.3 is 19.2 Å². The highest BCUT2D eigenvalue weighted by Gasteiger charge is 2.09. The molecular weight excluding hydrogens is 385 g/mol. The first kappa shape index (κ1) is 19.6. The molecule has 0 bridgehead atoms. The Kier molecular flexibility index (Phi) is 6.67. The second-order valence-corrected chi connectivity index (χ2v) is 6.85. The van der Waals surface area contributed by atoms with Crippen LogP contribution in [0.4, 0.5) is 0 Å². The van der Waals surface area contributed by atoms with Crippen molar-refractivity contribution in [1.29, 1.82) is 0 Å². The van der Waals surface area contributed by atoms with Gasteiger partial charge in [-0.3, -0.25) is 0 Å². The van der Waals surface area contributed by atoms with Gasteiger partial charge in [-0.2, -0.15) is 0 Å². The van der Waals surface area contributed by atoms with E-state index in [1.54, 1.807) is 26.4 Å². The number of nitrogens with one attached hydrogen (secondary N) is 1. The third-order valence-electron chi connectivity index (χ3n) is 4.20. The van der Waals surface area contributed by atoms with Gasteiger partial charge in [-0.15, -0.1) is 0 Å². The fraction of sp³-hybridized carbons (Fsp3) is 0.238. The van der Waals surface area contributed by atoms with Crippen molar-refractivity contribution in [2.75, 3.05) is 20.8 Å². The molecule has 6 heteroatoms. The summed E-state index contributed by atoms with van der Waals surface area (Å²) in [4.78, 5) is 0. The number of ether oxygens (including phenoxy) is 2. The van der Waals surface area contributed by atoms with Crippen LogP contribution in [0.25, 0.3) is 11.3 Å². The van der Waals surface area contributed by atoms with Crippen molar-refractivity contribution >= 4 is 23.2 Å². The van der Waals surface area contributed by atoms with Crippen LogP contribution in [-0.4, -0.2) is 20.8 Å². The van der Waals surface area contributed by atoms with E-state index in [0.717, 1.165) is 41.5 Å². The SMILES string of the molecule is COc1ccc(CCNCc2ccc(-c3ccc(Cl)cc3Cl)o2)cc1OC. The van der Waals surface area contributed by atoms with Crippen LogP contribution in [0, 0.1) is 0 Å². The Morgan fingerprint density at radius 1 is 0.926 bits per heavy atom. The van der Waals surface area contributed by atoms with Gasteiger partial charge in [0.05, 0.1) is 25.8 Å². The largest absolute Gasteiger partial charge is 0.493 e. The van der Waals surface area contributed by atoms with E-state index >= 15 is 0 Å². The second kappa shape index (κ2) is 9.18. The molecule has 0 fully saturated rings. The highest BCUT2D eigenvalue weighted by atomic mass is 35.5. The lowest BCUT2D eigenvalue weighted by Gasteiger charge is -2.09. The van der Waals surface area contributed by atoms with E-state index in [0.29, 0.717) is 16.6 Å². The van der Waals surface area contributed by atoms with Gasteiger partial charge in [0.2, 0.25) is 0 Å². The summed E-state index contributed by atoms with van der Waals surface area (Å²) >= 11 is 12.2. The molecule has 1 N–H and O–H groups in total. The molecule has 1 aromatic heterocycles. The van der Waals surface area contributed by atoms with Crippen molar-refractivity contribution in [2.45, 2.75) is 13.0 Å². The predicted molar refractivity (Wildman–Crippen MR) is 109 cm³/mol. The molecular formula is C21H21Cl2NO3. The first-order chi connectivity index (χ1) is 13.1. The molecule has 0 amide bonds. The maximum atomic E-state index is 6.23. The Labute approximate surface area is 169 Å². The summed E-state index contributed by atoms with van der Waals surface area (Å²) in [7, 11) is 3.27. The fourth-order valence-electron chi connectivity index (χ4n) is 2.79. The van der Waals surface area contributed by atoms with Crippen molar-refractivity contribution in [3.63, 3.8) is 0 Å². The first-order valence-electron chi connectivity index (χ1n) is 8.56. The molecule has 4 nitrogen and oxygen atoms in total. The van der Waals surface area contributed by atoms with E-state index in [4.69, 9.17) is 37.1 Å². The number of rotatable bonds is 8. The van der Waals surface area contributed by atoms with Gasteiger partial charge in [-0.1, -0.05) is 29.3 Å². The highest BCUT2D eigenvalue weighted by Crippen LogP contribution is 2.31. The van der Waals surface area contributed by atoms with Gasteiger partial charge in [-0.05, 0) is 61.0 Å². The molecule has 0 saturated heterocycles. The van der Waals surface area contributed by atoms with E-state index in [1.807, 2.05) is 36.4 Å². The molecule has 0 saturated carbocycles. The lowest BCUT2D eigenvalue weighted by molar-refractivity contribution is 0.354. The number of benzene rings is 2. The molecule has 142 valence electrons. The van der Waals surface area contributed by atoms with Crippen molar-refractivity contribution in [1.82, 2.24) is 5.32 Å². The molecule has 0 radical (unpaired) electrons. The molecule has 0 unspecified atom stereocenters. The zero-order chi connectivity index (χ0) is 19.2. The van der Waals surface area contributed by atoms with Crippen LogP contribution in [0.1, 0.15) is 11.3 Å². The standard InChI is InChI=1S/C21H21Cl2NO3/c1-25-20-7-3-14(11-21(20)26-2)9-10-24-13-16-5-8-19(27-16)17-6-4-15(22)12-18(17)23/h3-8,11-12,24H,9-10,13H2,1-2H3. The summed E-state index contributed by atoms with van der Waals surface area (Å²) in [5, 5.41) is 4.56. The van der Waals surface area contributed by atoms with E-state index in [1.165, 1.54) is 5.56 Å². The minimum absolute atomic E-state index is 0.574. The molecule has 0 aliphatic heterocycles. The number of hydrogen-bond acceptors (Lipinski definition) is 4. The Hall–Kier alpha value is -2.14. The van der Waals surface area contributed by atoms with Crippen LogP contribution in [-0.2, 0) is 13.0 Å². The monoisotopic (exact) mass is 405 g/mol. The third-order valence-corrected chi connectivity index (χ3v) is 4.74.